The normalized spacial score (nSPS) is 12.5. The maximum atomic E-state index is 12.6. The van der Waals surface area contributed by atoms with Gasteiger partial charge in [0.1, 0.15) is 5.69 Å². The minimum atomic E-state index is -0.290. The number of aromatic amines is 1. The molecule has 0 aliphatic heterocycles. The van der Waals surface area contributed by atoms with E-state index in [-0.39, 0.29) is 5.97 Å². The van der Waals surface area contributed by atoms with Gasteiger partial charge in [-0.2, -0.15) is 10.2 Å². The molecule has 2 heterocycles. The van der Waals surface area contributed by atoms with Gasteiger partial charge in [-0.25, -0.2) is 4.79 Å². The third-order valence-electron chi connectivity index (χ3n) is 5.34. The van der Waals surface area contributed by atoms with Crippen LogP contribution in [0.25, 0.3) is 11.3 Å². The minimum absolute atomic E-state index is 0.290. The number of hydrogen-bond acceptors (Lipinski definition) is 5. The van der Waals surface area contributed by atoms with Crippen molar-refractivity contribution in [3.8, 4) is 11.3 Å². The lowest BCUT2D eigenvalue weighted by atomic mass is 9.94. The Morgan fingerprint density at radius 2 is 2.10 bits per heavy atom. The fourth-order valence-corrected chi connectivity index (χ4v) is 4.13. The molecular formula is C22H26BrN5O2. The van der Waals surface area contributed by atoms with Gasteiger partial charge in [-0.15, -0.1) is 0 Å². The number of carbonyl (C=O) groups is 1. The second-order valence-corrected chi connectivity index (χ2v) is 8.28. The Bertz CT molecular complexity index is 1010. The summed E-state index contributed by atoms with van der Waals surface area (Å²) < 4.78 is 8.24. The molecule has 7 nitrogen and oxygen atoms in total. The molecule has 30 heavy (non-hydrogen) atoms. The van der Waals surface area contributed by atoms with E-state index < -0.39 is 0 Å². The molecule has 2 N–H and O–H groups in total. The first-order valence-electron chi connectivity index (χ1n) is 10.4. The number of nitrogens with zero attached hydrogens (tertiary/aromatic N) is 3. The number of hydrogen-bond donors (Lipinski definition) is 2. The molecule has 1 aliphatic rings. The van der Waals surface area contributed by atoms with Gasteiger partial charge in [0.2, 0.25) is 0 Å². The number of carbonyl (C=O) groups excluding carboxylic acids is 1. The van der Waals surface area contributed by atoms with E-state index >= 15 is 0 Å². The zero-order valence-electron chi connectivity index (χ0n) is 17.1. The summed E-state index contributed by atoms with van der Waals surface area (Å²) in [5.74, 6) is -0.290. The van der Waals surface area contributed by atoms with Gasteiger partial charge in [0, 0.05) is 27.8 Å². The van der Waals surface area contributed by atoms with E-state index in [1.54, 1.807) is 6.20 Å². The van der Waals surface area contributed by atoms with Crippen LogP contribution < -0.4 is 5.32 Å². The number of benzene rings is 1. The number of fused-ring (bicyclic) bond motifs is 3. The number of halogens is 1. The number of H-pyrrole nitrogens is 1. The molecule has 8 heteroatoms. The molecule has 158 valence electrons. The van der Waals surface area contributed by atoms with Crippen molar-refractivity contribution in [1.82, 2.24) is 25.3 Å². The fourth-order valence-electron chi connectivity index (χ4n) is 3.86. The fraction of sp³-hybridized carbons (Fsp3) is 0.409. The monoisotopic (exact) mass is 471 g/mol. The predicted molar refractivity (Wildman–Crippen MR) is 119 cm³/mol. The van der Waals surface area contributed by atoms with Gasteiger partial charge in [0.05, 0.1) is 18.5 Å². The Morgan fingerprint density at radius 1 is 1.27 bits per heavy atom. The van der Waals surface area contributed by atoms with Gasteiger partial charge in [-0.3, -0.25) is 9.78 Å². The van der Waals surface area contributed by atoms with Gasteiger partial charge < -0.3 is 10.1 Å². The van der Waals surface area contributed by atoms with Crippen LogP contribution in [0.5, 0.6) is 0 Å². The first-order valence-corrected chi connectivity index (χ1v) is 11.2. The van der Waals surface area contributed by atoms with Crippen LogP contribution in [0.2, 0.25) is 0 Å². The van der Waals surface area contributed by atoms with Gasteiger partial charge >= 0.3 is 5.97 Å². The van der Waals surface area contributed by atoms with Crippen LogP contribution in [-0.2, 0) is 30.5 Å². The smallest absolute Gasteiger partial charge is 0.356 e. The van der Waals surface area contributed by atoms with Crippen molar-refractivity contribution < 1.29 is 9.53 Å². The molecule has 0 saturated heterocycles. The van der Waals surface area contributed by atoms with Crippen molar-refractivity contribution in [3.05, 3.63) is 57.4 Å². The first kappa shape index (κ1) is 20.8. The van der Waals surface area contributed by atoms with E-state index in [0.29, 0.717) is 18.8 Å². The molecule has 0 amide bonds. The summed E-state index contributed by atoms with van der Waals surface area (Å²) >= 11 is 3.46. The molecule has 3 aromatic rings. The van der Waals surface area contributed by atoms with Crippen molar-refractivity contribution >= 4 is 21.9 Å². The molecule has 0 radical (unpaired) electrons. The summed E-state index contributed by atoms with van der Waals surface area (Å²) in [7, 11) is 0. The Hall–Kier alpha value is -2.45. The lowest BCUT2D eigenvalue weighted by molar-refractivity contribution is 0.0510. The van der Waals surface area contributed by atoms with E-state index in [0.717, 1.165) is 65.8 Å². The maximum Gasteiger partial charge on any atom is 0.356 e. The Labute approximate surface area is 184 Å². The third-order valence-corrected chi connectivity index (χ3v) is 5.87. The predicted octanol–water partition coefficient (Wildman–Crippen LogP) is 3.53. The Kier molecular flexibility index (Phi) is 6.64. The van der Waals surface area contributed by atoms with Crippen LogP contribution in [0.1, 0.15) is 40.7 Å². The summed E-state index contributed by atoms with van der Waals surface area (Å²) in [6.45, 7) is 4.63. The zero-order valence-corrected chi connectivity index (χ0v) is 18.7. The highest BCUT2D eigenvalue weighted by Gasteiger charge is 2.29. The van der Waals surface area contributed by atoms with Gasteiger partial charge in [-0.1, -0.05) is 28.1 Å². The summed E-state index contributed by atoms with van der Waals surface area (Å²) in [5, 5.41) is 15.4. The zero-order chi connectivity index (χ0) is 20.9. The SMILES string of the molecule is CCOC(=O)c1c2c(nn1CCCNCCc1ccc(Br)cc1)-c1cn[nH]c1CC2. The first-order chi connectivity index (χ1) is 14.7. The summed E-state index contributed by atoms with van der Waals surface area (Å²) in [6.07, 6.45) is 5.26. The van der Waals surface area contributed by atoms with Gasteiger partial charge in [0.25, 0.3) is 0 Å². The average Bonchev–Trinajstić information content (AvgIpc) is 3.36. The number of aromatic nitrogens is 4. The van der Waals surface area contributed by atoms with Crippen LogP contribution in [0.15, 0.2) is 34.9 Å². The molecule has 2 aromatic heterocycles. The Balaban J connectivity index is 1.37. The largest absolute Gasteiger partial charge is 0.461 e. The number of esters is 1. The van der Waals surface area contributed by atoms with Crippen molar-refractivity contribution in [1.29, 1.82) is 0 Å². The molecule has 0 bridgehead atoms. The van der Waals surface area contributed by atoms with E-state index in [1.807, 2.05) is 11.6 Å². The lowest BCUT2D eigenvalue weighted by Crippen LogP contribution is -2.21. The quantitative estimate of drug-likeness (QED) is 0.368. The average molecular weight is 472 g/mol. The second kappa shape index (κ2) is 9.57. The van der Waals surface area contributed by atoms with E-state index in [2.05, 4.69) is 55.7 Å². The standard InChI is InChI=1S/C22H26BrN5O2/c1-2-30-22(29)21-17-8-9-19-18(14-25-26-19)20(17)27-28(21)13-3-11-24-12-10-15-4-6-16(23)7-5-15/h4-7,14,24H,2-3,8-13H2,1H3,(H,25,26). The lowest BCUT2D eigenvalue weighted by Gasteiger charge is -2.11. The highest BCUT2D eigenvalue weighted by molar-refractivity contribution is 9.10. The Morgan fingerprint density at radius 3 is 2.90 bits per heavy atom. The van der Waals surface area contributed by atoms with E-state index in [1.165, 1.54) is 5.56 Å². The number of ether oxygens (including phenoxy) is 1. The van der Waals surface area contributed by atoms with Crippen molar-refractivity contribution in [2.75, 3.05) is 19.7 Å². The molecule has 0 saturated carbocycles. The topological polar surface area (TPSA) is 84.8 Å². The molecular weight excluding hydrogens is 446 g/mol. The van der Waals surface area contributed by atoms with Crippen LogP contribution in [0.3, 0.4) is 0 Å². The highest BCUT2D eigenvalue weighted by Crippen LogP contribution is 2.33. The maximum absolute atomic E-state index is 12.6. The number of aryl methyl sites for hydroxylation is 2. The van der Waals surface area contributed by atoms with E-state index in [4.69, 9.17) is 9.84 Å². The molecule has 0 unspecified atom stereocenters. The van der Waals surface area contributed by atoms with Crippen LogP contribution in [-0.4, -0.2) is 45.6 Å². The molecule has 4 rings (SSSR count). The third kappa shape index (κ3) is 4.49. The molecule has 0 fully saturated rings. The van der Waals surface area contributed by atoms with Gasteiger partial charge in [-0.05, 0) is 63.4 Å². The van der Waals surface area contributed by atoms with Crippen molar-refractivity contribution in [2.45, 2.75) is 39.2 Å². The minimum Gasteiger partial charge on any atom is -0.461 e. The molecule has 1 aliphatic carbocycles. The van der Waals surface area contributed by atoms with Crippen LogP contribution in [0, 0.1) is 0 Å². The molecule has 0 atom stereocenters. The van der Waals surface area contributed by atoms with Gasteiger partial charge in [0.15, 0.2) is 0 Å². The summed E-state index contributed by atoms with van der Waals surface area (Å²) in [5.41, 5.74) is 5.81. The van der Waals surface area contributed by atoms with Crippen molar-refractivity contribution in [3.63, 3.8) is 0 Å². The summed E-state index contributed by atoms with van der Waals surface area (Å²) in [4.78, 5) is 12.6. The van der Waals surface area contributed by atoms with Crippen LogP contribution in [0.4, 0.5) is 0 Å². The van der Waals surface area contributed by atoms with Crippen molar-refractivity contribution in [2.24, 2.45) is 0 Å². The number of rotatable bonds is 9. The number of nitrogens with one attached hydrogen (secondary N) is 2. The van der Waals surface area contributed by atoms with E-state index in [9.17, 15) is 4.79 Å². The second-order valence-electron chi connectivity index (χ2n) is 7.36. The summed E-state index contributed by atoms with van der Waals surface area (Å²) in [6, 6.07) is 8.40. The van der Waals surface area contributed by atoms with Crippen LogP contribution >= 0.6 is 15.9 Å². The molecule has 0 spiro atoms. The molecule has 1 aromatic carbocycles. The highest BCUT2D eigenvalue weighted by atomic mass is 79.9.